The van der Waals surface area contributed by atoms with Gasteiger partial charge in [-0.1, -0.05) is 48.5 Å². The van der Waals surface area contributed by atoms with E-state index in [2.05, 4.69) is 0 Å². The van der Waals surface area contributed by atoms with Gasteiger partial charge in [0.25, 0.3) is 5.91 Å². The molecule has 154 valence electrons. The molecule has 5 heteroatoms. The average molecular weight is 403 g/mol. The zero-order valence-electron chi connectivity index (χ0n) is 17.2. The number of aryl methyl sites for hydroxylation is 1. The summed E-state index contributed by atoms with van der Waals surface area (Å²) in [5.41, 5.74) is 4.48. The molecule has 0 atom stereocenters. The molecule has 1 amide bonds. The highest BCUT2D eigenvalue weighted by molar-refractivity contribution is 6.00. The topological polar surface area (TPSA) is 66.8 Å². The van der Waals surface area contributed by atoms with E-state index in [0.717, 1.165) is 28.0 Å². The van der Waals surface area contributed by atoms with Gasteiger partial charge < -0.3 is 14.7 Å². The van der Waals surface area contributed by atoms with Gasteiger partial charge in [0.2, 0.25) is 0 Å². The second-order valence-corrected chi connectivity index (χ2v) is 7.27. The molecule has 0 spiro atoms. The van der Waals surface area contributed by atoms with E-state index in [9.17, 15) is 9.59 Å². The lowest BCUT2D eigenvalue weighted by Gasteiger charge is -2.15. The van der Waals surface area contributed by atoms with E-state index >= 15 is 0 Å². The number of nitrogens with zero attached hydrogens (tertiary/aromatic N) is 1. The van der Waals surface area contributed by atoms with Gasteiger partial charge in [-0.25, -0.2) is 0 Å². The number of benzene rings is 3. The first-order valence-electron chi connectivity index (χ1n) is 9.77. The monoisotopic (exact) mass is 403 g/mol. The highest BCUT2D eigenvalue weighted by Crippen LogP contribution is 2.26. The van der Waals surface area contributed by atoms with E-state index in [-0.39, 0.29) is 12.3 Å². The lowest BCUT2D eigenvalue weighted by atomic mass is 9.97. The van der Waals surface area contributed by atoms with Gasteiger partial charge in [0.05, 0.1) is 0 Å². The Morgan fingerprint density at radius 1 is 0.900 bits per heavy atom. The Hall–Kier alpha value is -3.60. The summed E-state index contributed by atoms with van der Waals surface area (Å²) in [6.45, 7) is 0.395. The van der Waals surface area contributed by atoms with Crippen LogP contribution in [-0.2, 0) is 17.8 Å². The second-order valence-electron chi connectivity index (χ2n) is 7.27. The van der Waals surface area contributed by atoms with Crippen LogP contribution >= 0.6 is 0 Å². The van der Waals surface area contributed by atoms with Crippen molar-refractivity contribution >= 4 is 11.9 Å². The van der Waals surface area contributed by atoms with Gasteiger partial charge >= 0.3 is 5.97 Å². The minimum Gasteiger partial charge on any atom is -0.489 e. The van der Waals surface area contributed by atoms with Gasteiger partial charge in [-0.05, 0) is 52.9 Å². The second kappa shape index (κ2) is 9.74. The lowest BCUT2D eigenvalue weighted by molar-refractivity contribution is -0.136. The summed E-state index contributed by atoms with van der Waals surface area (Å²) in [4.78, 5) is 24.8. The third-order valence-electron chi connectivity index (χ3n) is 4.76. The molecule has 0 unspecified atom stereocenters. The molecule has 0 saturated heterocycles. The summed E-state index contributed by atoms with van der Waals surface area (Å²) in [7, 11) is 3.49. The molecule has 0 heterocycles. The predicted molar refractivity (Wildman–Crippen MR) is 117 cm³/mol. The van der Waals surface area contributed by atoms with Crippen LogP contribution in [0, 0.1) is 0 Å². The van der Waals surface area contributed by atoms with E-state index < -0.39 is 5.97 Å². The third kappa shape index (κ3) is 5.47. The number of aliphatic carboxylic acids is 1. The Kier molecular flexibility index (Phi) is 6.86. The summed E-state index contributed by atoms with van der Waals surface area (Å²) < 4.78 is 5.89. The van der Waals surface area contributed by atoms with Crippen molar-refractivity contribution in [2.45, 2.75) is 19.4 Å². The van der Waals surface area contributed by atoms with Gasteiger partial charge in [0.1, 0.15) is 12.4 Å². The van der Waals surface area contributed by atoms with Crippen LogP contribution in [0.3, 0.4) is 0 Å². The highest BCUT2D eigenvalue weighted by atomic mass is 16.5. The van der Waals surface area contributed by atoms with Crippen LogP contribution in [0.15, 0.2) is 72.8 Å². The average Bonchev–Trinajstić information content (AvgIpc) is 2.76. The smallest absolute Gasteiger partial charge is 0.303 e. The molecule has 3 aromatic carbocycles. The van der Waals surface area contributed by atoms with E-state index in [0.29, 0.717) is 18.6 Å². The number of carboxylic acids is 1. The van der Waals surface area contributed by atoms with Gasteiger partial charge in [0, 0.05) is 26.1 Å². The molecule has 3 aromatic rings. The van der Waals surface area contributed by atoms with Crippen LogP contribution in [0.25, 0.3) is 11.1 Å². The van der Waals surface area contributed by atoms with Crippen molar-refractivity contribution in [1.29, 1.82) is 0 Å². The Morgan fingerprint density at radius 3 is 2.33 bits per heavy atom. The minimum atomic E-state index is -0.802. The summed E-state index contributed by atoms with van der Waals surface area (Å²) in [6, 6.07) is 23.0. The molecule has 0 fully saturated rings. The van der Waals surface area contributed by atoms with E-state index in [1.54, 1.807) is 19.0 Å². The fourth-order valence-electron chi connectivity index (χ4n) is 3.16. The van der Waals surface area contributed by atoms with Crippen molar-refractivity contribution in [1.82, 2.24) is 4.90 Å². The van der Waals surface area contributed by atoms with Crippen LogP contribution in [0.4, 0.5) is 0 Å². The van der Waals surface area contributed by atoms with E-state index in [4.69, 9.17) is 9.84 Å². The van der Waals surface area contributed by atoms with Crippen molar-refractivity contribution in [2.24, 2.45) is 0 Å². The predicted octanol–water partition coefficient (Wildman–Crippen LogP) is 4.65. The highest BCUT2D eigenvalue weighted by Gasteiger charge is 2.14. The molecule has 5 nitrogen and oxygen atoms in total. The Balaban J connectivity index is 1.71. The number of hydrogen-bond donors (Lipinski definition) is 1. The summed E-state index contributed by atoms with van der Waals surface area (Å²) in [6.07, 6.45) is 0.619. The van der Waals surface area contributed by atoms with Crippen molar-refractivity contribution in [3.8, 4) is 16.9 Å². The molecular weight excluding hydrogens is 378 g/mol. The number of ether oxygens (including phenoxy) is 1. The number of carbonyl (C=O) groups excluding carboxylic acids is 1. The fraction of sp³-hybridized carbons (Fsp3) is 0.200. The van der Waals surface area contributed by atoms with Gasteiger partial charge in [-0.2, -0.15) is 0 Å². The molecule has 0 saturated carbocycles. The summed E-state index contributed by atoms with van der Waals surface area (Å²) in [5, 5.41) is 8.77. The van der Waals surface area contributed by atoms with Crippen LogP contribution < -0.4 is 4.74 Å². The lowest BCUT2D eigenvalue weighted by Crippen LogP contribution is -2.22. The number of rotatable bonds is 8. The molecule has 0 aliphatic carbocycles. The molecule has 30 heavy (non-hydrogen) atoms. The van der Waals surface area contributed by atoms with E-state index in [1.165, 1.54) is 0 Å². The largest absolute Gasteiger partial charge is 0.489 e. The summed E-state index contributed by atoms with van der Waals surface area (Å²) >= 11 is 0. The molecule has 1 N–H and O–H groups in total. The first-order chi connectivity index (χ1) is 14.4. The quantitative estimate of drug-likeness (QED) is 0.594. The van der Waals surface area contributed by atoms with Gasteiger partial charge in [0.15, 0.2) is 0 Å². The maximum absolute atomic E-state index is 12.5. The van der Waals surface area contributed by atoms with Crippen LogP contribution in [-0.4, -0.2) is 36.0 Å². The van der Waals surface area contributed by atoms with Crippen molar-refractivity contribution in [3.63, 3.8) is 0 Å². The number of carboxylic acid groups (broad SMARTS) is 1. The van der Waals surface area contributed by atoms with Crippen LogP contribution in [0.5, 0.6) is 5.75 Å². The van der Waals surface area contributed by atoms with Crippen LogP contribution in [0.2, 0.25) is 0 Å². The standard InChI is InChI=1S/C25H25NO4/c1-26(2)25(29)23-9-4-3-8-22(23)20-7-5-6-19(16-20)17-30-21-13-10-18(11-14-21)12-15-24(27)28/h3-11,13-14,16H,12,15,17H2,1-2H3,(H,27,28). The SMILES string of the molecule is CN(C)C(=O)c1ccccc1-c1cccc(COc2ccc(CCC(=O)O)cc2)c1. The Labute approximate surface area is 176 Å². The normalized spacial score (nSPS) is 10.5. The molecular formula is C25H25NO4. The van der Waals surface area contributed by atoms with E-state index in [1.807, 2.05) is 72.8 Å². The zero-order valence-corrected chi connectivity index (χ0v) is 17.2. The van der Waals surface area contributed by atoms with Crippen molar-refractivity contribution < 1.29 is 19.4 Å². The fourth-order valence-corrected chi connectivity index (χ4v) is 3.16. The maximum atomic E-state index is 12.5. The summed E-state index contributed by atoms with van der Waals surface area (Å²) in [5.74, 6) is -0.109. The Morgan fingerprint density at radius 2 is 1.63 bits per heavy atom. The maximum Gasteiger partial charge on any atom is 0.303 e. The first kappa shape index (κ1) is 21.1. The molecule has 0 aliphatic rings. The zero-order chi connectivity index (χ0) is 21.5. The third-order valence-corrected chi connectivity index (χ3v) is 4.76. The number of hydrogen-bond acceptors (Lipinski definition) is 3. The minimum absolute atomic E-state index is 0.0322. The van der Waals surface area contributed by atoms with Gasteiger partial charge in [-0.15, -0.1) is 0 Å². The number of amides is 1. The Bertz CT molecular complexity index is 1030. The van der Waals surface area contributed by atoms with Gasteiger partial charge in [-0.3, -0.25) is 9.59 Å². The van der Waals surface area contributed by atoms with Crippen molar-refractivity contribution in [3.05, 3.63) is 89.5 Å². The van der Waals surface area contributed by atoms with Crippen molar-refractivity contribution in [2.75, 3.05) is 14.1 Å². The molecule has 0 aromatic heterocycles. The molecule has 0 aliphatic heterocycles. The number of carbonyl (C=O) groups is 2. The molecule has 0 bridgehead atoms. The molecule has 0 radical (unpaired) electrons. The first-order valence-corrected chi connectivity index (χ1v) is 9.77. The van der Waals surface area contributed by atoms with Crippen LogP contribution in [0.1, 0.15) is 27.9 Å². The molecule has 3 rings (SSSR count).